The van der Waals surface area contributed by atoms with Crippen molar-refractivity contribution < 1.29 is 9.90 Å². The molecule has 1 unspecified atom stereocenters. The van der Waals surface area contributed by atoms with Crippen molar-refractivity contribution >= 4 is 21.9 Å². The van der Waals surface area contributed by atoms with E-state index < -0.39 is 5.97 Å². The van der Waals surface area contributed by atoms with Crippen LogP contribution in [-0.2, 0) is 4.79 Å². The number of aryl methyl sites for hydroxylation is 1. The minimum absolute atomic E-state index is 0.0153. The van der Waals surface area contributed by atoms with Gasteiger partial charge in [-0.3, -0.25) is 4.79 Å². The molecule has 0 radical (unpaired) electrons. The Morgan fingerprint density at radius 1 is 1.48 bits per heavy atom. The smallest absolute Gasteiger partial charge is 0.305 e. The first-order chi connectivity index (χ1) is 10.0. The topological polar surface area (TPSA) is 80.9 Å². The van der Waals surface area contributed by atoms with Crippen molar-refractivity contribution in [1.82, 2.24) is 20.2 Å². The van der Waals surface area contributed by atoms with E-state index in [-0.39, 0.29) is 12.5 Å². The van der Waals surface area contributed by atoms with Crippen LogP contribution in [0, 0.1) is 6.92 Å². The maximum atomic E-state index is 11.1. The van der Waals surface area contributed by atoms with Crippen LogP contribution < -0.4 is 0 Å². The molecule has 0 aliphatic rings. The molecule has 2 aromatic rings. The number of hydrogen-bond acceptors (Lipinski definition) is 4. The lowest BCUT2D eigenvalue weighted by molar-refractivity contribution is -0.138. The van der Waals surface area contributed by atoms with E-state index in [1.165, 1.54) is 0 Å². The number of carboxylic acids is 1. The molecule has 1 N–H and O–H groups in total. The van der Waals surface area contributed by atoms with Crippen LogP contribution in [0.25, 0.3) is 11.4 Å². The van der Waals surface area contributed by atoms with Crippen LogP contribution in [0.3, 0.4) is 0 Å². The van der Waals surface area contributed by atoms with Gasteiger partial charge in [0.05, 0.1) is 12.5 Å². The van der Waals surface area contributed by atoms with Crippen molar-refractivity contribution in [2.75, 3.05) is 0 Å². The minimum Gasteiger partial charge on any atom is -0.481 e. The Morgan fingerprint density at radius 2 is 2.24 bits per heavy atom. The highest BCUT2D eigenvalue weighted by molar-refractivity contribution is 9.10. The third-order valence-corrected chi connectivity index (χ3v) is 3.79. The lowest BCUT2D eigenvalue weighted by Gasteiger charge is -2.16. The Morgan fingerprint density at radius 3 is 2.86 bits per heavy atom. The van der Waals surface area contributed by atoms with Gasteiger partial charge in [-0.15, -0.1) is 5.10 Å². The van der Waals surface area contributed by atoms with E-state index in [1.807, 2.05) is 32.0 Å². The molecule has 1 heterocycles. The fourth-order valence-electron chi connectivity index (χ4n) is 2.34. The van der Waals surface area contributed by atoms with Crippen molar-refractivity contribution in [3.63, 3.8) is 0 Å². The van der Waals surface area contributed by atoms with E-state index in [4.69, 9.17) is 5.11 Å². The minimum atomic E-state index is -0.845. The van der Waals surface area contributed by atoms with E-state index in [1.54, 1.807) is 4.68 Å². The number of rotatable bonds is 6. The number of tetrazole rings is 1. The summed E-state index contributed by atoms with van der Waals surface area (Å²) in [6, 6.07) is 5.61. The molecular formula is C14H17BrN4O2. The molecule has 0 aliphatic heterocycles. The second kappa shape index (κ2) is 6.80. The molecule has 0 saturated heterocycles. The maximum Gasteiger partial charge on any atom is 0.305 e. The zero-order valence-corrected chi connectivity index (χ0v) is 13.5. The molecule has 1 atom stereocenters. The van der Waals surface area contributed by atoms with Gasteiger partial charge in [-0.05, 0) is 47.5 Å². The van der Waals surface area contributed by atoms with Gasteiger partial charge in [0.15, 0.2) is 5.82 Å². The standard InChI is InChI=1S/C14H17BrN4O2/c1-3-4-11(8-13(20)21)19-14(16-17-18-19)12-6-5-10(15)7-9(12)2/h5-7,11H,3-4,8H2,1-2H3,(H,20,21). The van der Waals surface area contributed by atoms with Gasteiger partial charge in [0, 0.05) is 10.0 Å². The number of carbonyl (C=O) groups is 1. The predicted molar refractivity (Wildman–Crippen MR) is 81.9 cm³/mol. The molecule has 112 valence electrons. The van der Waals surface area contributed by atoms with E-state index >= 15 is 0 Å². The molecule has 0 aliphatic carbocycles. The summed E-state index contributed by atoms with van der Waals surface area (Å²) in [5, 5.41) is 20.9. The summed E-state index contributed by atoms with van der Waals surface area (Å²) in [5.74, 6) is -0.234. The number of nitrogens with zero attached hydrogens (tertiary/aromatic N) is 4. The number of benzene rings is 1. The molecule has 6 nitrogen and oxygen atoms in total. The Hall–Kier alpha value is -1.76. The maximum absolute atomic E-state index is 11.1. The van der Waals surface area contributed by atoms with Gasteiger partial charge in [-0.2, -0.15) is 0 Å². The summed E-state index contributed by atoms with van der Waals surface area (Å²) >= 11 is 3.43. The summed E-state index contributed by atoms with van der Waals surface area (Å²) in [7, 11) is 0. The quantitative estimate of drug-likeness (QED) is 0.862. The van der Waals surface area contributed by atoms with Crippen molar-refractivity contribution in [2.24, 2.45) is 0 Å². The number of carboxylic acid groups (broad SMARTS) is 1. The highest BCUT2D eigenvalue weighted by atomic mass is 79.9. The molecule has 0 amide bonds. The third kappa shape index (κ3) is 3.66. The fraction of sp³-hybridized carbons (Fsp3) is 0.429. The summed E-state index contributed by atoms with van der Waals surface area (Å²) < 4.78 is 2.62. The Bertz CT molecular complexity index is 642. The van der Waals surface area contributed by atoms with Crippen LogP contribution >= 0.6 is 15.9 Å². The van der Waals surface area contributed by atoms with Crippen molar-refractivity contribution in [2.45, 2.75) is 39.2 Å². The van der Waals surface area contributed by atoms with E-state index in [0.717, 1.165) is 28.4 Å². The molecule has 0 bridgehead atoms. The molecule has 2 rings (SSSR count). The Kier molecular flexibility index (Phi) is 5.06. The van der Waals surface area contributed by atoms with Crippen molar-refractivity contribution in [1.29, 1.82) is 0 Å². The highest BCUT2D eigenvalue weighted by Crippen LogP contribution is 2.28. The van der Waals surface area contributed by atoms with E-state index in [2.05, 4.69) is 31.5 Å². The van der Waals surface area contributed by atoms with Gasteiger partial charge >= 0.3 is 5.97 Å². The van der Waals surface area contributed by atoms with Gasteiger partial charge in [0.1, 0.15) is 0 Å². The first kappa shape index (κ1) is 15.6. The summed E-state index contributed by atoms with van der Waals surface area (Å²) in [6.45, 7) is 3.99. The molecule has 7 heteroatoms. The van der Waals surface area contributed by atoms with Crippen molar-refractivity contribution in [3.8, 4) is 11.4 Å². The van der Waals surface area contributed by atoms with E-state index in [0.29, 0.717) is 5.82 Å². The van der Waals surface area contributed by atoms with Crippen LogP contribution in [0.5, 0.6) is 0 Å². The summed E-state index contributed by atoms with van der Waals surface area (Å²) in [6.07, 6.45) is 1.61. The predicted octanol–water partition coefficient (Wildman–Crippen LogP) is 3.23. The lowest BCUT2D eigenvalue weighted by atomic mass is 10.1. The molecule has 0 saturated carbocycles. The Labute approximate surface area is 131 Å². The average Bonchev–Trinajstić information content (AvgIpc) is 2.86. The molecule has 0 spiro atoms. The monoisotopic (exact) mass is 352 g/mol. The Balaban J connectivity index is 2.42. The lowest BCUT2D eigenvalue weighted by Crippen LogP contribution is -2.16. The number of aliphatic carboxylic acids is 1. The highest BCUT2D eigenvalue weighted by Gasteiger charge is 2.21. The first-order valence-electron chi connectivity index (χ1n) is 6.79. The van der Waals surface area contributed by atoms with Gasteiger partial charge in [-0.1, -0.05) is 29.3 Å². The van der Waals surface area contributed by atoms with Gasteiger partial charge in [0.2, 0.25) is 0 Å². The third-order valence-electron chi connectivity index (χ3n) is 3.30. The van der Waals surface area contributed by atoms with Crippen LogP contribution in [0.4, 0.5) is 0 Å². The molecule has 1 aromatic heterocycles. The van der Waals surface area contributed by atoms with Gasteiger partial charge in [-0.25, -0.2) is 4.68 Å². The van der Waals surface area contributed by atoms with Crippen molar-refractivity contribution in [3.05, 3.63) is 28.2 Å². The number of halogens is 1. The van der Waals surface area contributed by atoms with E-state index in [9.17, 15) is 4.79 Å². The fourth-order valence-corrected chi connectivity index (χ4v) is 2.82. The zero-order valence-electron chi connectivity index (χ0n) is 12.0. The van der Waals surface area contributed by atoms with Gasteiger partial charge in [0.25, 0.3) is 0 Å². The summed E-state index contributed by atoms with van der Waals surface area (Å²) in [4.78, 5) is 11.1. The zero-order chi connectivity index (χ0) is 15.4. The second-order valence-corrected chi connectivity index (χ2v) is 5.86. The largest absolute Gasteiger partial charge is 0.481 e. The average molecular weight is 353 g/mol. The molecule has 1 aromatic carbocycles. The number of aromatic nitrogens is 4. The normalized spacial score (nSPS) is 12.3. The van der Waals surface area contributed by atoms with Crippen LogP contribution in [0.2, 0.25) is 0 Å². The SMILES string of the molecule is CCCC(CC(=O)O)n1nnnc1-c1ccc(Br)cc1C. The first-order valence-corrected chi connectivity index (χ1v) is 7.58. The van der Waals surface area contributed by atoms with Crippen LogP contribution in [0.1, 0.15) is 37.8 Å². The molecular weight excluding hydrogens is 336 g/mol. The second-order valence-electron chi connectivity index (χ2n) is 4.95. The van der Waals surface area contributed by atoms with Crippen LogP contribution in [0.15, 0.2) is 22.7 Å². The molecule has 0 fully saturated rings. The summed E-state index contributed by atoms with van der Waals surface area (Å²) in [5.41, 5.74) is 1.95. The molecule has 21 heavy (non-hydrogen) atoms. The number of hydrogen-bond donors (Lipinski definition) is 1. The van der Waals surface area contributed by atoms with Crippen LogP contribution in [-0.4, -0.2) is 31.3 Å². The van der Waals surface area contributed by atoms with Gasteiger partial charge < -0.3 is 5.11 Å².